The Labute approximate surface area is 98.8 Å². The smallest absolute Gasteiger partial charge is 0.0338 e. The predicted molar refractivity (Wildman–Crippen MR) is 64.8 cm³/mol. The molecule has 0 amide bonds. The van der Waals surface area contributed by atoms with Crippen LogP contribution in [0.4, 0.5) is 0 Å². The molecular weight excluding hydrogens is 259 g/mol. The summed E-state index contributed by atoms with van der Waals surface area (Å²) in [7, 11) is 0. The van der Waals surface area contributed by atoms with E-state index in [4.69, 9.17) is 11.6 Å². The van der Waals surface area contributed by atoms with Gasteiger partial charge in [0.1, 0.15) is 0 Å². The van der Waals surface area contributed by atoms with Crippen LogP contribution in [0.1, 0.15) is 24.8 Å². The van der Waals surface area contributed by atoms with Gasteiger partial charge in [0.05, 0.1) is 0 Å². The molecule has 0 heterocycles. The minimum Gasteiger partial charge on any atom is -0.123 e. The van der Waals surface area contributed by atoms with Crippen LogP contribution in [-0.2, 0) is 6.42 Å². The van der Waals surface area contributed by atoms with Gasteiger partial charge < -0.3 is 0 Å². The second kappa shape index (κ2) is 4.67. The highest BCUT2D eigenvalue weighted by Gasteiger charge is 2.22. The van der Waals surface area contributed by atoms with Crippen molar-refractivity contribution in [1.29, 1.82) is 0 Å². The van der Waals surface area contributed by atoms with Gasteiger partial charge in [-0.2, -0.15) is 0 Å². The van der Waals surface area contributed by atoms with Crippen molar-refractivity contribution >= 4 is 27.5 Å². The van der Waals surface area contributed by atoms with Gasteiger partial charge in [-0.1, -0.05) is 28.1 Å². The molecule has 0 nitrogen and oxygen atoms in total. The van der Waals surface area contributed by atoms with E-state index in [1.807, 2.05) is 0 Å². The molecule has 1 aliphatic carbocycles. The molecule has 0 bridgehead atoms. The third-order valence-electron chi connectivity index (χ3n) is 2.89. The van der Waals surface area contributed by atoms with Gasteiger partial charge in [0.2, 0.25) is 0 Å². The van der Waals surface area contributed by atoms with Gasteiger partial charge >= 0.3 is 0 Å². The van der Waals surface area contributed by atoms with Crippen molar-refractivity contribution in [1.82, 2.24) is 0 Å². The molecule has 1 saturated carbocycles. The summed E-state index contributed by atoms with van der Waals surface area (Å²) in [4.78, 5) is 0. The number of hydrogen-bond acceptors (Lipinski definition) is 0. The normalized spacial score (nSPS) is 26.7. The Morgan fingerprint density at radius 3 is 2.86 bits per heavy atom. The molecule has 0 aliphatic heterocycles. The number of alkyl halides is 1. The van der Waals surface area contributed by atoms with Gasteiger partial charge in [0.25, 0.3) is 0 Å². The van der Waals surface area contributed by atoms with Crippen molar-refractivity contribution < 1.29 is 0 Å². The lowest BCUT2D eigenvalue weighted by molar-refractivity contribution is 0.547. The zero-order chi connectivity index (χ0) is 9.97. The maximum absolute atomic E-state index is 6.10. The van der Waals surface area contributed by atoms with Gasteiger partial charge in [0, 0.05) is 9.85 Å². The molecule has 0 N–H and O–H groups in total. The monoisotopic (exact) mass is 272 g/mol. The first kappa shape index (κ1) is 10.5. The summed E-state index contributed by atoms with van der Waals surface area (Å²) in [6, 6.07) is 8.59. The van der Waals surface area contributed by atoms with Crippen LogP contribution < -0.4 is 0 Å². The van der Waals surface area contributed by atoms with Gasteiger partial charge in [-0.05, 0) is 49.3 Å². The zero-order valence-electron chi connectivity index (χ0n) is 8.05. The van der Waals surface area contributed by atoms with E-state index in [1.165, 1.54) is 35.7 Å². The fourth-order valence-corrected chi connectivity index (χ4v) is 3.02. The molecule has 2 atom stereocenters. The first-order chi connectivity index (χ1) is 6.74. The molecule has 2 rings (SSSR count). The Morgan fingerprint density at radius 2 is 2.21 bits per heavy atom. The Hall–Kier alpha value is -0.0100. The zero-order valence-corrected chi connectivity index (χ0v) is 10.4. The summed E-state index contributed by atoms with van der Waals surface area (Å²) in [5.41, 5.74) is 1.43. The number of benzene rings is 1. The first-order valence-corrected chi connectivity index (χ1v) is 6.35. The fourth-order valence-electron chi connectivity index (χ4n) is 2.20. The quantitative estimate of drug-likeness (QED) is 0.701. The van der Waals surface area contributed by atoms with Gasteiger partial charge in [-0.15, -0.1) is 11.6 Å². The van der Waals surface area contributed by atoms with Crippen LogP contribution in [-0.4, -0.2) is 5.38 Å². The van der Waals surface area contributed by atoms with Crippen LogP contribution in [0.25, 0.3) is 0 Å². The molecule has 1 aromatic carbocycles. The van der Waals surface area contributed by atoms with E-state index in [0.717, 1.165) is 5.92 Å². The molecule has 1 fully saturated rings. The fraction of sp³-hybridized carbons (Fsp3) is 0.500. The summed E-state index contributed by atoms with van der Waals surface area (Å²) in [6.45, 7) is 0. The average Bonchev–Trinajstić information content (AvgIpc) is 2.51. The average molecular weight is 274 g/mol. The molecule has 1 aromatic rings. The summed E-state index contributed by atoms with van der Waals surface area (Å²) in [5.74, 6) is 0.798. The topological polar surface area (TPSA) is 0 Å². The Kier molecular flexibility index (Phi) is 3.51. The molecule has 1 aliphatic rings. The lowest BCUT2D eigenvalue weighted by atomic mass is 9.98. The SMILES string of the molecule is ClC1CCC(Cc2cccc(Br)c2)C1. The van der Waals surface area contributed by atoms with E-state index in [9.17, 15) is 0 Å². The van der Waals surface area contributed by atoms with E-state index in [1.54, 1.807) is 0 Å². The second-order valence-electron chi connectivity index (χ2n) is 4.11. The molecule has 14 heavy (non-hydrogen) atoms. The van der Waals surface area contributed by atoms with Crippen LogP contribution in [0, 0.1) is 5.92 Å². The number of halogens is 2. The minimum absolute atomic E-state index is 0.423. The van der Waals surface area contributed by atoms with Crippen molar-refractivity contribution in [3.05, 3.63) is 34.3 Å². The molecule has 0 saturated heterocycles. The maximum atomic E-state index is 6.10. The molecule has 2 heteroatoms. The standard InChI is InChI=1S/C12H14BrCl/c13-11-3-1-2-9(7-11)6-10-4-5-12(14)8-10/h1-3,7,10,12H,4-6,8H2. The van der Waals surface area contributed by atoms with E-state index in [-0.39, 0.29) is 0 Å². The molecule has 0 aromatic heterocycles. The van der Waals surface area contributed by atoms with E-state index < -0.39 is 0 Å². The predicted octanol–water partition coefficient (Wildman–Crippen LogP) is 4.40. The molecular formula is C12H14BrCl. The van der Waals surface area contributed by atoms with Crippen LogP contribution >= 0.6 is 27.5 Å². The van der Waals surface area contributed by atoms with Crippen molar-refractivity contribution in [3.63, 3.8) is 0 Å². The Bertz CT molecular complexity index is 311. The minimum atomic E-state index is 0.423. The number of rotatable bonds is 2. The number of hydrogen-bond donors (Lipinski definition) is 0. The third-order valence-corrected chi connectivity index (χ3v) is 3.78. The Balaban J connectivity index is 1.97. The molecule has 0 radical (unpaired) electrons. The van der Waals surface area contributed by atoms with Crippen LogP contribution in [0.5, 0.6) is 0 Å². The molecule has 76 valence electrons. The second-order valence-corrected chi connectivity index (χ2v) is 5.64. The maximum Gasteiger partial charge on any atom is 0.0338 e. The van der Waals surface area contributed by atoms with Gasteiger partial charge in [0.15, 0.2) is 0 Å². The highest BCUT2D eigenvalue weighted by atomic mass is 79.9. The summed E-state index contributed by atoms with van der Waals surface area (Å²) >= 11 is 9.59. The first-order valence-electron chi connectivity index (χ1n) is 5.12. The lowest BCUT2D eigenvalue weighted by Gasteiger charge is -2.09. The van der Waals surface area contributed by atoms with Crippen LogP contribution in [0.2, 0.25) is 0 Å². The van der Waals surface area contributed by atoms with Gasteiger partial charge in [-0.3, -0.25) is 0 Å². The lowest BCUT2D eigenvalue weighted by Crippen LogP contribution is -2.00. The van der Waals surface area contributed by atoms with Crippen LogP contribution in [0.3, 0.4) is 0 Å². The largest absolute Gasteiger partial charge is 0.123 e. The summed E-state index contributed by atoms with van der Waals surface area (Å²) < 4.78 is 1.18. The summed E-state index contributed by atoms with van der Waals surface area (Å²) in [6.07, 6.45) is 4.86. The highest BCUT2D eigenvalue weighted by Crippen LogP contribution is 2.32. The van der Waals surface area contributed by atoms with Crippen molar-refractivity contribution in [3.8, 4) is 0 Å². The highest BCUT2D eigenvalue weighted by molar-refractivity contribution is 9.10. The molecule has 0 spiro atoms. The third kappa shape index (κ3) is 2.74. The van der Waals surface area contributed by atoms with Crippen molar-refractivity contribution in [2.75, 3.05) is 0 Å². The van der Waals surface area contributed by atoms with Crippen molar-refractivity contribution in [2.45, 2.75) is 31.1 Å². The molecule has 2 unspecified atom stereocenters. The van der Waals surface area contributed by atoms with Crippen molar-refractivity contribution in [2.24, 2.45) is 5.92 Å². The van der Waals surface area contributed by atoms with Gasteiger partial charge in [-0.25, -0.2) is 0 Å². The van der Waals surface area contributed by atoms with E-state index in [0.29, 0.717) is 5.38 Å². The Morgan fingerprint density at radius 1 is 1.36 bits per heavy atom. The summed E-state index contributed by atoms with van der Waals surface area (Å²) in [5, 5.41) is 0.423. The van der Waals surface area contributed by atoms with E-state index >= 15 is 0 Å². The van der Waals surface area contributed by atoms with E-state index in [2.05, 4.69) is 40.2 Å². The van der Waals surface area contributed by atoms with Crippen LogP contribution in [0.15, 0.2) is 28.7 Å².